The van der Waals surface area contributed by atoms with E-state index in [0.717, 1.165) is 30.2 Å². The Kier molecular flexibility index (Phi) is 3.91. The number of aryl methyl sites for hydroxylation is 2. The third kappa shape index (κ3) is 2.96. The summed E-state index contributed by atoms with van der Waals surface area (Å²) in [6, 6.07) is 0.176. The lowest BCUT2D eigenvalue weighted by molar-refractivity contribution is -0.117. The zero-order chi connectivity index (χ0) is 14.2. The highest BCUT2D eigenvalue weighted by Crippen LogP contribution is 2.19. The lowest BCUT2D eigenvalue weighted by atomic mass is 10.1. The molecule has 2 rings (SSSR count). The Bertz CT molecular complexity index is 472. The summed E-state index contributed by atoms with van der Waals surface area (Å²) in [5, 5.41) is 7.24. The van der Waals surface area contributed by atoms with Gasteiger partial charge in [0.2, 0.25) is 5.91 Å². The van der Waals surface area contributed by atoms with Crippen LogP contribution in [0.25, 0.3) is 0 Å². The lowest BCUT2D eigenvalue weighted by Gasteiger charge is -2.14. The van der Waals surface area contributed by atoms with Gasteiger partial charge >= 0.3 is 0 Å². The van der Waals surface area contributed by atoms with E-state index in [-0.39, 0.29) is 11.9 Å². The molecular formula is C13H23N5O. The number of nitrogens with one attached hydrogen (secondary N) is 1. The lowest BCUT2D eigenvalue weighted by Crippen LogP contribution is -2.34. The van der Waals surface area contributed by atoms with Crippen molar-refractivity contribution in [1.82, 2.24) is 14.7 Å². The average Bonchev–Trinajstić information content (AvgIpc) is 2.74. The molecule has 0 saturated carbocycles. The molecule has 6 nitrogen and oxygen atoms in total. The van der Waals surface area contributed by atoms with Gasteiger partial charge in [0, 0.05) is 26.2 Å². The first-order chi connectivity index (χ1) is 8.88. The molecule has 1 aromatic rings. The number of nitrogens with two attached hydrogens (primary N) is 1. The highest BCUT2D eigenvalue weighted by atomic mass is 16.2. The third-order valence-electron chi connectivity index (χ3n) is 3.89. The molecular weight excluding hydrogens is 242 g/mol. The van der Waals surface area contributed by atoms with Gasteiger partial charge in [-0.3, -0.25) is 14.4 Å². The Labute approximate surface area is 113 Å². The molecule has 1 saturated heterocycles. The van der Waals surface area contributed by atoms with Crippen LogP contribution in [0.5, 0.6) is 0 Å². The SMILES string of the molecule is Cc1nn(C)c(C)c1NC(=O)CN1CC(C)C(N)C1. The minimum Gasteiger partial charge on any atom is -0.326 e. The van der Waals surface area contributed by atoms with E-state index >= 15 is 0 Å². The molecule has 0 spiro atoms. The summed E-state index contributed by atoms with van der Waals surface area (Å²) in [6.07, 6.45) is 0. The van der Waals surface area contributed by atoms with Crippen molar-refractivity contribution in [2.45, 2.75) is 26.8 Å². The predicted octanol–water partition coefficient (Wildman–Crippen LogP) is 0.254. The van der Waals surface area contributed by atoms with Crippen molar-refractivity contribution in [2.24, 2.45) is 18.7 Å². The van der Waals surface area contributed by atoms with Gasteiger partial charge < -0.3 is 11.1 Å². The monoisotopic (exact) mass is 265 g/mol. The van der Waals surface area contributed by atoms with Gasteiger partial charge in [0.25, 0.3) is 0 Å². The first-order valence-electron chi connectivity index (χ1n) is 6.66. The molecule has 1 aromatic heterocycles. The van der Waals surface area contributed by atoms with Crippen molar-refractivity contribution in [3.05, 3.63) is 11.4 Å². The number of aromatic nitrogens is 2. The Morgan fingerprint density at radius 2 is 2.16 bits per heavy atom. The van der Waals surface area contributed by atoms with E-state index in [2.05, 4.69) is 22.2 Å². The van der Waals surface area contributed by atoms with Crippen LogP contribution in [-0.4, -0.2) is 46.3 Å². The van der Waals surface area contributed by atoms with E-state index in [9.17, 15) is 4.79 Å². The molecule has 0 aromatic carbocycles. The molecule has 0 bridgehead atoms. The zero-order valence-corrected chi connectivity index (χ0v) is 12.1. The molecule has 1 fully saturated rings. The van der Waals surface area contributed by atoms with Gasteiger partial charge in [-0.25, -0.2) is 0 Å². The minimum absolute atomic E-state index is 0.000463. The highest BCUT2D eigenvalue weighted by molar-refractivity contribution is 5.93. The van der Waals surface area contributed by atoms with Gasteiger partial charge in [-0.15, -0.1) is 0 Å². The summed E-state index contributed by atoms with van der Waals surface area (Å²) in [5.74, 6) is 0.454. The van der Waals surface area contributed by atoms with Crippen LogP contribution in [0.15, 0.2) is 0 Å². The summed E-state index contributed by atoms with van der Waals surface area (Å²) in [7, 11) is 1.87. The second kappa shape index (κ2) is 5.30. The molecule has 1 aliphatic heterocycles. The molecule has 1 amide bonds. The fourth-order valence-electron chi connectivity index (χ4n) is 2.56. The molecule has 2 unspecified atom stereocenters. The first kappa shape index (κ1) is 14.0. The van der Waals surface area contributed by atoms with Gasteiger partial charge in [-0.05, 0) is 19.8 Å². The first-order valence-corrected chi connectivity index (χ1v) is 6.66. The van der Waals surface area contributed by atoms with Crippen molar-refractivity contribution in [3.8, 4) is 0 Å². The largest absolute Gasteiger partial charge is 0.326 e. The number of likely N-dealkylation sites (tertiary alicyclic amines) is 1. The molecule has 2 heterocycles. The summed E-state index contributed by atoms with van der Waals surface area (Å²) < 4.78 is 1.78. The van der Waals surface area contributed by atoms with Gasteiger partial charge in [-0.1, -0.05) is 6.92 Å². The van der Waals surface area contributed by atoms with Crippen LogP contribution < -0.4 is 11.1 Å². The Balaban J connectivity index is 1.95. The summed E-state index contributed by atoms with van der Waals surface area (Å²) >= 11 is 0. The van der Waals surface area contributed by atoms with Crippen molar-refractivity contribution >= 4 is 11.6 Å². The second-order valence-corrected chi connectivity index (χ2v) is 5.55. The molecule has 2 atom stereocenters. The number of carbonyl (C=O) groups excluding carboxylic acids is 1. The van der Waals surface area contributed by atoms with Crippen LogP contribution in [0.1, 0.15) is 18.3 Å². The van der Waals surface area contributed by atoms with Gasteiger partial charge in [0.15, 0.2) is 0 Å². The predicted molar refractivity (Wildman–Crippen MR) is 74.9 cm³/mol. The van der Waals surface area contributed by atoms with Crippen molar-refractivity contribution < 1.29 is 4.79 Å². The third-order valence-corrected chi connectivity index (χ3v) is 3.89. The molecule has 3 N–H and O–H groups in total. The maximum atomic E-state index is 12.1. The van der Waals surface area contributed by atoms with Crippen LogP contribution in [0, 0.1) is 19.8 Å². The minimum atomic E-state index is 0.000463. The van der Waals surface area contributed by atoms with Crippen LogP contribution >= 0.6 is 0 Å². The van der Waals surface area contributed by atoms with Crippen LogP contribution in [0.4, 0.5) is 5.69 Å². The van der Waals surface area contributed by atoms with Gasteiger partial charge in [-0.2, -0.15) is 5.10 Å². The fourth-order valence-corrected chi connectivity index (χ4v) is 2.56. The number of carbonyl (C=O) groups is 1. The van der Waals surface area contributed by atoms with E-state index in [0.29, 0.717) is 12.5 Å². The number of anilines is 1. The number of nitrogens with zero attached hydrogens (tertiary/aromatic N) is 3. The summed E-state index contributed by atoms with van der Waals surface area (Å²) in [5.41, 5.74) is 8.60. The topological polar surface area (TPSA) is 76.2 Å². The molecule has 106 valence electrons. The highest BCUT2D eigenvalue weighted by Gasteiger charge is 2.27. The zero-order valence-electron chi connectivity index (χ0n) is 12.1. The standard InChI is InChI=1S/C13H23N5O/c1-8-5-18(6-11(8)14)7-12(19)15-13-9(2)16-17(4)10(13)3/h8,11H,5-7,14H2,1-4H3,(H,15,19). The van der Waals surface area contributed by atoms with Gasteiger partial charge in [0.05, 0.1) is 23.6 Å². The van der Waals surface area contributed by atoms with E-state index in [1.807, 2.05) is 20.9 Å². The van der Waals surface area contributed by atoms with E-state index in [1.54, 1.807) is 4.68 Å². The maximum Gasteiger partial charge on any atom is 0.238 e. The second-order valence-electron chi connectivity index (χ2n) is 5.55. The molecule has 0 radical (unpaired) electrons. The van der Waals surface area contributed by atoms with Crippen LogP contribution in [0.3, 0.4) is 0 Å². The molecule has 0 aliphatic carbocycles. The normalized spacial score (nSPS) is 23.8. The molecule has 1 aliphatic rings. The van der Waals surface area contributed by atoms with Crippen LogP contribution in [-0.2, 0) is 11.8 Å². The average molecular weight is 265 g/mol. The number of amides is 1. The van der Waals surface area contributed by atoms with E-state index in [1.165, 1.54) is 0 Å². The van der Waals surface area contributed by atoms with Crippen molar-refractivity contribution in [1.29, 1.82) is 0 Å². The Morgan fingerprint density at radius 1 is 1.47 bits per heavy atom. The number of hydrogen-bond acceptors (Lipinski definition) is 4. The molecule has 6 heteroatoms. The smallest absolute Gasteiger partial charge is 0.238 e. The summed E-state index contributed by atoms with van der Waals surface area (Å²) in [6.45, 7) is 8.04. The van der Waals surface area contributed by atoms with E-state index in [4.69, 9.17) is 5.73 Å². The Hall–Kier alpha value is -1.40. The van der Waals surface area contributed by atoms with Crippen molar-refractivity contribution in [2.75, 3.05) is 25.0 Å². The quantitative estimate of drug-likeness (QED) is 0.821. The van der Waals surface area contributed by atoms with Gasteiger partial charge in [0.1, 0.15) is 0 Å². The van der Waals surface area contributed by atoms with E-state index < -0.39 is 0 Å². The molecule has 19 heavy (non-hydrogen) atoms. The van der Waals surface area contributed by atoms with Crippen LogP contribution in [0.2, 0.25) is 0 Å². The number of rotatable bonds is 3. The Morgan fingerprint density at radius 3 is 2.63 bits per heavy atom. The fraction of sp³-hybridized carbons (Fsp3) is 0.692. The number of hydrogen-bond donors (Lipinski definition) is 2. The maximum absolute atomic E-state index is 12.1. The van der Waals surface area contributed by atoms with Crippen molar-refractivity contribution in [3.63, 3.8) is 0 Å². The summed E-state index contributed by atoms with van der Waals surface area (Å²) in [4.78, 5) is 14.2.